The molecule has 0 aliphatic heterocycles. The van der Waals surface area contributed by atoms with Gasteiger partial charge in [-0.3, -0.25) is 14.4 Å². The number of hydrogen-bond donors (Lipinski definition) is 2. The van der Waals surface area contributed by atoms with Crippen molar-refractivity contribution in [3.8, 4) is 5.69 Å². The number of nitrogens with one attached hydrogen (secondary N) is 2. The van der Waals surface area contributed by atoms with E-state index in [0.717, 1.165) is 11.8 Å². The number of para-hydroxylation sites is 1. The zero-order valence-corrected chi connectivity index (χ0v) is 16.1. The number of carbonyl (C=O) groups excluding carboxylic acids is 3. The maximum Gasteiger partial charge on any atom is 0.296 e. The molecule has 3 aromatic rings. The minimum Gasteiger partial charge on any atom is -0.324 e. The predicted octanol–water partition coefficient (Wildman–Crippen LogP) is 3.41. The van der Waals surface area contributed by atoms with Gasteiger partial charge in [-0.2, -0.15) is 5.10 Å². The number of ketones is 1. The minimum atomic E-state index is -0.885. The van der Waals surface area contributed by atoms with Gasteiger partial charge in [0.05, 0.1) is 28.3 Å². The average molecular weight is 394 g/mol. The first-order valence-corrected chi connectivity index (χ1v) is 8.82. The molecule has 1 aromatic heterocycles. The van der Waals surface area contributed by atoms with Gasteiger partial charge in [0.25, 0.3) is 11.7 Å². The van der Waals surface area contributed by atoms with Gasteiger partial charge < -0.3 is 10.6 Å². The zero-order chi connectivity index (χ0) is 21.1. The Labute approximate surface area is 166 Å². The summed E-state index contributed by atoms with van der Waals surface area (Å²) in [4.78, 5) is 36.4. The molecule has 8 heteroatoms. The molecule has 0 spiro atoms. The first kappa shape index (κ1) is 19.9. The molecule has 0 unspecified atom stereocenters. The number of rotatable bonds is 5. The summed E-state index contributed by atoms with van der Waals surface area (Å²) in [6.07, 6.45) is 0. The van der Waals surface area contributed by atoms with Crippen molar-refractivity contribution in [2.75, 3.05) is 10.6 Å². The Bertz CT molecular complexity index is 1110. The molecule has 2 amide bonds. The summed E-state index contributed by atoms with van der Waals surface area (Å²) in [7, 11) is 0. The van der Waals surface area contributed by atoms with E-state index in [1.54, 1.807) is 18.5 Å². The van der Waals surface area contributed by atoms with Crippen LogP contribution in [0.1, 0.15) is 28.7 Å². The lowest BCUT2D eigenvalue weighted by atomic mass is 10.1. The topological polar surface area (TPSA) is 93.1 Å². The van der Waals surface area contributed by atoms with Crippen molar-refractivity contribution >= 4 is 29.0 Å². The van der Waals surface area contributed by atoms with E-state index in [9.17, 15) is 18.8 Å². The van der Waals surface area contributed by atoms with Crippen LogP contribution in [-0.2, 0) is 9.59 Å². The average Bonchev–Trinajstić information content (AvgIpc) is 2.98. The Hall–Kier alpha value is -3.81. The number of amides is 2. The summed E-state index contributed by atoms with van der Waals surface area (Å²) in [6.45, 7) is 4.60. The van der Waals surface area contributed by atoms with Gasteiger partial charge >= 0.3 is 0 Å². The summed E-state index contributed by atoms with van der Waals surface area (Å²) < 4.78 is 15.4. The second-order valence-corrected chi connectivity index (χ2v) is 6.45. The maximum absolute atomic E-state index is 13.8. The summed E-state index contributed by atoms with van der Waals surface area (Å²) in [5.41, 5.74) is 2.02. The molecule has 2 aromatic carbocycles. The highest BCUT2D eigenvalue weighted by Gasteiger charge is 2.25. The van der Waals surface area contributed by atoms with E-state index in [2.05, 4.69) is 15.7 Å². The predicted molar refractivity (Wildman–Crippen MR) is 107 cm³/mol. The largest absolute Gasteiger partial charge is 0.324 e. The third-order valence-electron chi connectivity index (χ3n) is 4.26. The molecule has 0 bridgehead atoms. The molecule has 0 radical (unpaired) electrons. The Morgan fingerprint density at radius 2 is 1.69 bits per heavy atom. The van der Waals surface area contributed by atoms with E-state index in [1.165, 1.54) is 19.1 Å². The standard InChI is InChI=1S/C21H19FN4O3/c1-12-19(13(2)26(25-12)16-7-5-4-6-8-16)20(28)21(29)24-15-9-10-17(22)18(11-15)23-14(3)27/h4-11H,1-3H3,(H,23,27)(H,24,29). The number of Topliss-reactive ketones (excluding diaryl/α,β-unsaturated/α-hetero) is 1. The van der Waals surface area contributed by atoms with Crippen molar-refractivity contribution in [3.05, 3.63) is 71.3 Å². The monoisotopic (exact) mass is 394 g/mol. The number of hydrogen-bond acceptors (Lipinski definition) is 4. The lowest BCUT2D eigenvalue weighted by molar-refractivity contribution is -0.114. The first-order valence-electron chi connectivity index (χ1n) is 8.82. The molecule has 0 aliphatic rings. The van der Waals surface area contributed by atoms with Gasteiger partial charge in [0.1, 0.15) is 5.82 Å². The van der Waals surface area contributed by atoms with E-state index >= 15 is 0 Å². The first-order chi connectivity index (χ1) is 13.8. The molecule has 0 atom stereocenters. The molecule has 0 saturated carbocycles. The summed E-state index contributed by atoms with van der Waals surface area (Å²) in [5, 5.41) is 9.13. The van der Waals surface area contributed by atoms with Crippen molar-refractivity contribution in [1.29, 1.82) is 0 Å². The Kier molecular flexibility index (Phi) is 5.54. The van der Waals surface area contributed by atoms with Crippen molar-refractivity contribution in [1.82, 2.24) is 9.78 Å². The van der Waals surface area contributed by atoms with Crippen LogP contribution in [0.25, 0.3) is 5.69 Å². The molecule has 3 rings (SSSR count). The SMILES string of the molecule is CC(=O)Nc1cc(NC(=O)C(=O)c2c(C)nn(-c3ccccc3)c2C)ccc1F. The summed E-state index contributed by atoms with van der Waals surface area (Å²) in [6, 6.07) is 12.9. The number of carbonyl (C=O) groups is 3. The second kappa shape index (κ2) is 8.05. The number of halogens is 1. The Balaban J connectivity index is 1.86. The number of aryl methyl sites for hydroxylation is 1. The van der Waals surface area contributed by atoms with E-state index in [1.807, 2.05) is 30.3 Å². The smallest absolute Gasteiger partial charge is 0.296 e. The van der Waals surface area contributed by atoms with E-state index in [4.69, 9.17) is 0 Å². The van der Waals surface area contributed by atoms with E-state index in [-0.39, 0.29) is 16.9 Å². The van der Waals surface area contributed by atoms with Gasteiger partial charge in [-0.15, -0.1) is 0 Å². The van der Waals surface area contributed by atoms with Gasteiger partial charge in [-0.1, -0.05) is 18.2 Å². The van der Waals surface area contributed by atoms with Crippen LogP contribution >= 0.6 is 0 Å². The van der Waals surface area contributed by atoms with Crippen LogP contribution in [0.15, 0.2) is 48.5 Å². The molecular weight excluding hydrogens is 375 g/mol. The molecule has 7 nitrogen and oxygen atoms in total. The number of aromatic nitrogens is 2. The van der Waals surface area contributed by atoms with Crippen LogP contribution < -0.4 is 10.6 Å². The number of nitrogens with zero attached hydrogens (tertiary/aromatic N) is 2. The fourth-order valence-corrected chi connectivity index (χ4v) is 2.98. The zero-order valence-electron chi connectivity index (χ0n) is 16.1. The molecule has 2 N–H and O–H groups in total. The Morgan fingerprint density at radius 3 is 2.34 bits per heavy atom. The quantitative estimate of drug-likeness (QED) is 0.512. The van der Waals surface area contributed by atoms with Gasteiger partial charge in [0, 0.05) is 12.6 Å². The highest BCUT2D eigenvalue weighted by atomic mass is 19.1. The normalized spacial score (nSPS) is 10.5. The fraction of sp³-hybridized carbons (Fsp3) is 0.143. The van der Waals surface area contributed by atoms with Gasteiger partial charge in [-0.25, -0.2) is 9.07 Å². The third kappa shape index (κ3) is 4.21. The highest BCUT2D eigenvalue weighted by Crippen LogP contribution is 2.22. The summed E-state index contributed by atoms with van der Waals surface area (Å²) in [5.74, 6) is -2.75. The van der Waals surface area contributed by atoms with Crippen molar-refractivity contribution < 1.29 is 18.8 Å². The van der Waals surface area contributed by atoms with E-state index < -0.39 is 23.4 Å². The molecule has 0 fully saturated rings. The van der Waals surface area contributed by atoms with Crippen LogP contribution in [0.4, 0.5) is 15.8 Å². The van der Waals surface area contributed by atoms with E-state index in [0.29, 0.717) is 11.4 Å². The molecule has 0 aliphatic carbocycles. The highest BCUT2D eigenvalue weighted by molar-refractivity contribution is 6.47. The lowest BCUT2D eigenvalue weighted by Gasteiger charge is -2.09. The fourth-order valence-electron chi connectivity index (χ4n) is 2.98. The summed E-state index contributed by atoms with van der Waals surface area (Å²) >= 11 is 0. The van der Waals surface area contributed by atoms with Gasteiger partial charge in [0.2, 0.25) is 5.91 Å². The van der Waals surface area contributed by atoms with Crippen molar-refractivity contribution in [2.24, 2.45) is 0 Å². The third-order valence-corrected chi connectivity index (χ3v) is 4.26. The van der Waals surface area contributed by atoms with Gasteiger partial charge in [0.15, 0.2) is 0 Å². The molecule has 29 heavy (non-hydrogen) atoms. The molecule has 1 heterocycles. The Morgan fingerprint density at radius 1 is 1.00 bits per heavy atom. The maximum atomic E-state index is 13.8. The molecule has 0 saturated heterocycles. The minimum absolute atomic E-state index is 0.0907. The second-order valence-electron chi connectivity index (χ2n) is 6.45. The van der Waals surface area contributed by atoms with Crippen LogP contribution in [0.5, 0.6) is 0 Å². The van der Waals surface area contributed by atoms with Crippen LogP contribution in [0.3, 0.4) is 0 Å². The number of anilines is 2. The van der Waals surface area contributed by atoms with Crippen LogP contribution in [0.2, 0.25) is 0 Å². The van der Waals surface area contributed by atoms with Crippen LogP contribution in [0, 0.1) is 19.7 Å². The molecule has 148 valence electrons. The van der Waals surface area contributed by atoms with Crippen molar-refractivity contribution in [2.45, 2.75) is 20.8 Å². The van der Waals surface area contributed by atoms with Gasteiger partial charge in [-0.05, 0) is 44.2 Å². The lowest BCUT2D eigenvalue weighted by Crippen LogP contribution is -2.24. The van der Waals surface area contributed by atoms with Crippen LogP contribution in [-0.4, -0.2) is 27.4 Å². The number of benzene rings is 2. The van der Waals surface area contributed by atoms with Crippen molar-refractivity contribution in [3.63, 3.8) is 0 Å². The molecular formula is C21H19FN4O3.